The van der Waals surface area contributed by atoms with E-state index in [0.29, 0.717) is 6.54 Å². The number of hydrogen-bond donors (Lipinski definition) is 5. The molecule has 0 spiro atoms. The Morgan fingerprint density at radius 2 is 1.00 bits per heavy atom. The molecule has 44 heavy (non-hydrogen) atoms. The highest BCUT2D eigenvalue weighted by Gasteiger charge is 2.34. The normalized spacial score (nSPS) is 14.4. The molecule has 4 atom stereocenters. The molecule has 8 nitrogen and oxygen atoms in total. The maximum Gasteiger partial charge on any atom is 0.330 e. The van der Waals surface area contributed by atoms with Crippen LogP contribution in [0.5, 0.6) is 0 Å². The van der Waals surface area contributed by atoms with E-state index in [-0.39, 0.29) is 0 Å². The van der Waals surface area contributed by atoms with Gasteiger partial charge in [0.2, 0.25) is 0 Å². The van der Waals surface area contributed by atoms with Crippen molar-refractivity contribution < 1.29 is 34.8 Å². The van der Waals surface area contributed by atoms with Crippen LogP contribution < -0.4 is 5.32 Å². The van der Waals surface area contributed by atoms with Crippen molar-refractivity contribution in [2.75, 3.05) is 13.2 Å². The molecule has 5 N–H and O–H groups in total. The molecule has 0 aliphatic rings. The van der Waals surface area contributed by atoms with Gasteiger partial charge < -0.3 is 30.5 Å². The van der Waals surface area contributed by atoms with Crippen molar-refractivity contribution >= 4 is 11.9 Å². The van der Waals surface area contributed by atoms with Gasteiger partial charge in [0.1, 0.15) is 24.9 Å². The summed E-state index contributed by atoms with van der Waals surface area (Å²) >= 11 is 0. The lowest BCUT2D eigenvalue weighted by molar-refractivity contribution is -0.156. The standard InChI is InChI=1S/C36H69NO7/c1-3-5-7-9-11-13-15-16-17-18-19-20-22-24-26-28-32(39)44-30-31(38)33(40)34(41)35(42)36(43)37-29-27-25-23-21-14-12-10-8-6-4-2/h26,28,31,33-35,38,40-42H,3-25,27,29-30H2,1-2H3,(H,37,43). The number of ether oxygens (including phenoxy) is 1. The Morgan fingerprint density at radius 3 is 1.45 bits per heavy atom. The maximum atomic E-state index is 12.1. The molecule has 0 aromatic carbocycles. The Balaban J connectivity index is 3.84. The van der Waals surface area contributed by atoms with E-state index in [0.717, 1.165) is 38.5 Å². The average molecular weight is 628 g/mol. The van der Waals surface area contributed by atoms with E-state index in [1.54, 1.807) is 6.08 Å². The van der Waals surface area contributed by atoms with E-state index in [9.17, 15) is 30.0 Å². The van der Waals surface area contributed by atoms with Gasteiger partial charge in [-0.2, -0.15) is 0 Å². The number of aliphatic hydroxyl groups is 4. The summed E-state index contributed by atoms with van der Waals surface area (Å²) in [5, 5.41) is 43.0. The number of allylic oxidation sites excluding steroid dienone is 1. The van der Waals surface area contributed by atoms with Gasteiger partial charge in [-0.3, -0.25) is 4.79 Å². The molecule has 0 radical (unpaired) electrons. The van der Waals surface area contributed by atoms with Crippen molar-refractivity contribution in [1.29, 1.82) is 0 Å². The van der Waals surface area contributed by atoms with Crippen LogP contribution in [0.2, 0.25) is 0 Å². The molecule has 0 aliphatic carbocycles. The largest absolute Gasteiger partial charge is 0.460 e. The highest BCUT2D eigenvalue weighted by molar-refractivity contribution is 5.82. The number of unbranched alkanes of at least 4 members (excludes halogenated alkanes) is 22. The fourth-order valence-corrected chi connectivity index (χ4v) is 5.27. The summed E-state index contributed by atoms with van der Waals surface area (Å²) in [4.78, 5) is 24.1. The Labute approximate surface area is 269 Å². The smallest absolute Gasteiger partial charge is 0.330 e. The molecule has 0 bridgehead atoms. The molecule has 0 aromatic heterocycles. The third-order valence-electron chi connectivity index (χ3n) is 8.29. The average Bonchev–Trinajstić information content (AvgIpc) is 3.03. The first kappa shape index (κ1) is 42.5. The van der Waals surface area contributed by atoms with E-state index in [2.05, 4.69) is 19.2 Å². The van der Waals surface area contributed by atoms with Crippen LogP contribution in [0.15, 0.2) is 12.2 Å². The SMILES string of the molecule is CCCCCCCCCCCCCCCC=CC(=O)OCC(O)C(O)C(O)C(O)C(=O)NCCCCCCCCCCCC. The minimum Gasteiger partial charge on any atom is -0.460 e. The first-order valence-corrected chi connectivity index (χ1v) is 18.2. The summed E-state index contributed by atoms with van der Waals surface area (Å²) in [5.74, 6) is -1.47. The van der Waals surface area contributed by atoms with Gasteiger partial charge in [0.15, 0.2) is 6.10 Å². The molecule has 8 heteroatoms. The predicted molar refractivity (Wildman–Crippen MR) is 179 cm³/mol. The summed E-state index contributed by atoms with van der Waals surface area (Å²) in [6, 6.07) is 0. The summed E-state index contributed by atoms with van der Waals surface area (Å²) in [7, 11) is 0. The monoisotopic (exact) mass is 628 g/mol. The topological polar surface area (TPSA) is 136 Å². The second-order valence-corrected chi connectivity index (χ2v) is 12.5. The van der Waals surface area contributed by atoms with Crippen molar-refractivity contribution in [3.8, 4) is 0 Å². The van der Waals surface area contributed by atoms with Gasteiger partial charge in [0, 0.05) is 12.6 Å². The molecule has 0 saturated carbocycles. The Bertz CT molecular complexity index is 687. The van der Waals surface area contributed by atoms with Gasteiger partial charge >= 0.3 is 5.97 Å². The molecule has 4 unspecified atom stereocenters. The minimum atomic E-state index is -1.91. The lowest BCUT2D eigenvalue weighted by atomic mass is 10.0. The highest BCUT2D eigenvalue weighted by Crippen LogP contribution is 2.14. The van der Waals surface area contributed by atoms with E-state index < -0.39 is 42.9 Å². The summed E-state index contributed by atoms with van der Waals surface area (Å²) in [6.45, 7) is 4.26. The first-order chi connectivity index (χ1) is 21.3. The highest BCUT2D eigenvalue weighted by atomic mass is 16.5. The Kier molecular flexibility index (Phi) is 30.4. The lowest BCUT2D eigenvalue weighted by Crippen LogP contribution is -2.52. The zero-order valence-electron chi connectivity index (χ0n) is 28.4. The number of amides is 1. The number of aliphatic hydroxyl groups excluding tert-OH is 4. The molecule has 0 fully saturated rings. The van der Waals surface area contributed by atoms with E-state index >= 15 is 0 Å². The van der Waals surface area contributed by atoms with E-state index in [1.807, 2.05) is 0 Å². The molecule has 0 aliphatic heterocycles. The third-order valence-corrected chi connectivity index (χ3v) is 8.29. The molecule has 1 amide bonds. The summed E-state index contributed by atoms with van der Waals surface area (Å²) in [5.41, 5.74) is 0. The van der Waals surface area contributed by atoms with Crippen LogP contribution in [-0.2, 0) is 14.3 Å². The van der Waals surface area contributed by atoms with Crippen LogP contribution in [0.4, 0.5) is 0 Å². The van der Waals surface area contributed by atoms with Gasteiger partial charge in [-0.05, 0) is 19.3 Å². The second kappa shape index (κ2) is 31.5. The van der Waals surface area contributed by atoms with Crippen molar-refractivity contribution in [2.45, 2.75) is 192 Å². The number of carbonyl (C=O) groups excluding carboxylic acids is 2. The number of hydrogen-bond acceptors (Lipinski definition) is 7. The summed E-state index contributed by atoms with van der Waals surface area (Å²) in [6.07, 6.45) is 24.8. The van der Waals surface area contributed by atoms with Gasteiger partial charge in [-0.1, -0.05) is 155 Å². The molecule has 0 saturated heterocycles. The van der Waals surface area contributed by atoms with Gasteiger partial charge in [0.25, 0.3) is 5.91 Å². The molecular formula is C36H69NO7. The first-order valence-electron chi connectivity index (χ1n) is 18.2. The van der Waals surface area contributed by atoms with Crippen LogP contribution in [0.3, 0.4) is 0 Å². The predicted octanol–water partition coefficient (Wildman–Crippen LogP) is 7.05. The van der Waals surface area contributed by atoms with Crippen LogP contribution >= 0.6 is 0 Å². The minimum absolute atomic E-state index is 0.362. The van der Waals surface area contributed by atoms with Crippen LogP contribution in [0.25, 0.3) is 0 Å². The van der Waals surface area contributed by atoms with Crippen molar-refractivity contribution in [3.63, 3.8) is 0 Å². The Hall–Kier alpha value is -1.48. The Morgan fingerprint density at radius 1 is 0.591 bits per heavy atom. The van der Waals surface area contributed by atoms with Crippen LogP contribution in [0.1, 0.15) is 168 Å². The lowest BCUT2D eigenvalue weighted by Gasteiger charge is -2.25. The fourth-order valence-electron chi connectivity index (χ4n) is 5.27. The zero-order chi connectivity index (χ0) is 32.7. The second-order valence-electron chi connectivity index (χ2n) is 12.5. The van der Waals surface area contributed by atoms with E-state index in [1.165, 1.54) is 122 Å². The van der Waals surface area contributed by atoms with E-state index in [4.69, 9.17) is 4.74 Å². The fraction of sp³-hybridized carbons (Fsp3) is 0.889. The number of rotatable bonds is 32. The quantitative estimate of drug-likeness (QED) is 0.0306. The molecule has 0 heterocycles. The molecular weight excluding hydrogens is 558 g/mol. The molecule has 0 aromatic rings. The number of carbonyl (C=O) groups is 2. The molecule has 260 valence electrons. The van der Waals surface area contributed by atoms with Crippen molar-refractivity contribution in [1.82, 2.24) is 5.32 Å². The van der Waals surface area contributed by atoms with Crippen LogP contribution in [0, 0.1) is 0 Å². The van der Waals surface area contributed by atoms with Gasteiger partial charge in [-0.15, -0.1) is 0 Å². The molecule has 0 rings (SSSR count). The number of esters is 1. The zero-order valence-corrected chi connectivity index (χ0v) is 28.4. The number of nitrogens with one attached hydrogen (secondary N) is 1. The van der Waals surface area contributed by atoms with Gasteiger partial charge in [-0.25, -0.2) is 4.79 Å². The van der Waals surface area contributed by atoms with Gasteiger partial charge in [0.05, 0.1) is 0 Å². The third kappa shape index (κ3) is 25.8. The summed E-state index contributed by atoms with van der Waals surface area (Å²) < 4.78 is 4.95. The van der Waals surface area contributed by atoms with Crippen molar-refractivity contribution in [3.05, 3.63) is 12.2 Å². The van der Waals surface area contributed by atoms with Crippen LogP contribution in [-0.4, -0.2) is 69.9 Å². The van der Waals surface area contributed by atoms with Crippen molar-refractivity contribution in [2.24, 2.45) is 0 Å². The maximum absolute atomic E-state index is 12.1.